The van der Waals surface area contributed by atoms with Gasteiger partial charge in [-0.2, -0.15) is 0 Å². The Morgan fingerprint density at radius 1 is 1.00 bits per heavy atom. The van der Waals surface area contributed by atoms with Gasteiger partial charge in [0.25, 0.3) is 0 Å². The molecule has 1 heterocycles. The Hall–Kier alpha value is -2.91. The fourth-order valence-corrected chi connectivity index (χ4v) is 4.00. The van der Waals surface area contributed by atoms with Crippen LogP contribution in [0.1, 0.15) is 12.5 Å². The molecule has 0 bridgehead atoms. The third kappa shape index (κ3) is 4.32. The van der Waals surface area contributed by atoms with Crippen LogP contribution in [0.5, 0.6) is 0 Å². The molecule has 9 heteroatoms. The molecule has 148 valence electrons. The second-order valence-corrected chi connectivity index (χ2v) is 8.20. The zero-order valence-corrected chi connectivity index (χ0v) is 16.5. The maximum absolute atomic E-state index is 12.6. The van der Waals surface area contributed by atoms with Gasteiger partial charge in [-0.15, -0.1) is 0 Å². The van der Waals surface area contributed by atoms with Crippen molar-refractivity contribution in [3.63, 3.8) is 0 Å². The summed E-state index contributed by atoms with van der Waals surface area (Å²) in [6.45, 7) is 5.51. The smallest absolute Gasteiger partial charge is 0.314 e. The molecule has 0 radical (unpaired) electrons. The van der Waals surface area contributed by atoms with Gasteiger partial charge in [-0.1, -0.05) is 12.1 Å². The third-order valence-electron chi connectivity index (χ3n) is 4.43. The standard InChI is InChI=1S/C19H22N4O4S/c1-3-23(14-6-4-5-13(2)11-14)10-9-20-28(26,27)15-7-8-16-17(12-15)22-19(25)18(24)21-16/h4-8,11-12,20H,3,9-10H2,1-2H3,(H,21,24)(H,22,25). The zero-order valence-electron chi connectivity index (χ0n) is 15.7. The van der Waals surface area contributed by atoms with Crippen LogP contribution < -0.4 is 20.7 Å². The van der Waals surface area contributed by atoms with E-state index >= 15 is 0 Å². The molecule has 2 aromatic carbocycles. The number of nitrogens with zero attached hydrogens (tertiary/aromatic N) is 1. The monoisotopic (exact) mass is 402 g/mol. The van der Waals surface area contributed by atoms with E-state index in [1.807, 2.05) is 32.0 Å². The number of hydrogen-bond acceptors (Lipinski definition) is 5. The first-order valence-corrected chi connectivity index (χ1v) is 10.4. The topological polar surface area (TPSA) is 115 Å². The Labute approximate surface area is 162 Å². The summed E-state index contributed by atoms with van der Waals surface area (Å²) in [6.07, 6.45) is 0. The van der Waals surface area contributed by atoms with Gasteiger partial charge in [-0.25, -0.2) is 13.1 Å². The highest BCUT2D eigenvalue weighted by Crippen LogP contribution is 2.16. The number of aryl methyl sites for hydroxylation is 1. The molecule has 0 atom stereocenters. The number of aromatic amines is 2. The number of H-pyrrole nitrogens is 2. The summed E-state index contributed by atoms with van der Waals surface area (Å²) in [5.74, 6) is 0. The Kier molecular flexibility index (Phi) is 5.66. The van der Waals surface area contributed by atoms with Crippen molar-refractivity contribution in [2.24, 2.45) is 0 Å². The number of aromatic nitrogens is 2. The lowest BCUT2D eigenvalue weighted by Crippen LogP contribution is -2.35. The summed E-state index contributed by atoms with van der Waals surface area (Å²) in [5.41, 5.74) is 1.18. The number of anilines is 1. The quantitative estimate of drug-likeness (QED) is 0.516. The molecule has 28 heavy (non-hydrogen) atoms. The molecule has 0 fully saturated rings. The van der Waals surface area contributed by atoms with E-state index in [0.717, 1.165) is 17.8 Å². The number of benzene rings is 2. The lowest BCUT2D eigenvalue weighted by molar-refractivity contribution is 0.581. The van der Waals surface area contributed by atoms with Crippen LogP contribution in [0.4, 0.5) is 5.69 Å². The minimum Gasteiger partial charge on any atom is -0.370 e. The normalized spacial score (nSPS) is 11.6. The van der Waals surface area contributed by atoms with E-state index in [2.05, 4.69) is 25.7 Å². The van der Waals surface area contributed by atoms with E-state index in [9.17, 15) is 18.0 Å². The van der Waals surface area contributed by atoms with Crippen LogP contribution in [0.25, 0.3) is 11.0 Å². The number of rotatable bonds is 7. The second kappa shape index (κ2) is 7.99. The van der Waals surface area contributed by atoms with E-state index in [-0.39, 0.29) is 17.0 Å². The van der Waals surface area contributed by atoms with Gasteiger partial charge in [0.2, 0.25) is 10.0 Å². The average molecular weight is 402 g/mol. The summed E-state index contributed by atoms with van der Waals surface area (Å²) in [7, 11) is -3.76. The molecule has 3 aromatic rings. The van der Waals surface area contributed by atoms with Crippen LogP contribution in [0.15, 0.2) is 56.9 Å². The molecule has 1 aromatic heterocycles. The maximum atomic E-state index is 12.6. The summed E-state index contributed by atoms with van der Waals surface area (Å²) in [4.78, 5) is 29.7. The maximum Gasteiger partial charge on any atom is 0.314 e. The minimum absolute atomic E-state index is 0.0151. The summed E-state index contributed by atoms with van der Waals surface area (Å²) >= 11 is 0. The Morgan fingerprint density at radius 2 is 1.71 bits per heavy atom. The minimum atomic E-state index is -3.76. The van der Waals surface area contributed by atoms with Gasteiger partial charge in [-0.3, -0.25) is 9.59 Å². The molecule has 0 unspecified atom stereocenters. The molecule has 0 amide bonds. The van der Waals surface area contributed by atoms with Crippen LogP contribution in [-0.4, -0.2) is 38.0 Å². The fraction of sp³-hybridized carbons (Fsp3) is 0.263. The largest absolute Gasteiger partial charge is 0.370 e. The van der Waals surface area contributed by atoms with Crippen LogP contribution in [0, 0.1) is 6.92 Å². The first-order chi connectivity index (χ1) is 13.3. The molecule has 8 nitrogen and oxygen atoms in total. The van der Waals surface area contributed by atoms with Crippen molar-refractivity contribution >= 4 is 26.7 Å². The summed E-state index contributed by atoms with van der Waals surface area (Å²) < 4.78 is 27.8. The van der Waals surface area contributed by atoms with Crippen LogP contribution in [0.2, 0.25) is 0 Å². The lowest BCUT2D eigenvalue weighted by Gasteiger charge is -2.23. The van der Waals surface area contributed by atoms with E-state index in [0.29, 0.717) is 12.1 Å². The molecule has 0 aliphatic carbocycles. The van der Waals surface area contributed by atoms with Crippen molar-refractivity contribution in [3.8, 4) is 0 Å². The van der Waals surface area contributed by atoms with E-state index in [1.165, 1.54) is 18.2 Å². The molecule has 3 N–H and O–H groups in total. The van der Waals surface area contributed by atoms with Crippen molar-refractivity contribution in [3.05, 3.63) is 68.7 Å². The summed E-state index contributed by atoms with van der Waals surface area (Å²) in [6, 6.07) is 12.2. The SMILES string of the molecule is CCN(CCNS(=O)(=O)c1ccc2[nH]c(=O)c(=O)[nH]c2c1)c1cccc(C)c1. The molecule has 0 aliphatic rings. The third-order valence-corrected chi connectivity index (χ3v) is 5.88. The Balaban J connectivity index is 1.74. The lowest BCUT2D eigenvalue weighted by atomic mass is 10.2. The number of sulfonamides is 1. The molecule has 3 rings (SSSR count). The van der Waals surface area contributed by atoms with E-state index < -0.39 is 21.1 Å². The highest BCUT2D eigenvalue weighted by molar-refractivity contribution is 7.89. The first kappa shape index (κ1) is 19.8. The fourth-order valence-electron chi connectivity index (χ4n) is 2.95. The van der Waals surface area contributed by atoms with E-state index in [1.54, 1.807) is 0 Å². The number of nitrogens with one attached hydrogen (secondary N) is 3. The van der Waals surface area contributed by atoms with Gasteiger partial charge in [0, 0.05) is 25.3 Å². The van der Waals surface area contributed by atoms with Crippen molar-refractivity contribution in [1.29, 1.82) is 0 Å². The number of likely N-dealkylation sites (N-methyl/N-ethyl adjacent to an activating group) is 1. The van der Waals surface area contributed by atoms with Gasteiger partial charge in [-0.05, 0) is 49.7 Å². The average Bonchev–Trinajstić information content (AvgIpc) is 2.65. The van der Waals surface area contributed by atoms with Crippen molar-refractivity contribution in [2.75, 3.05) is 24.5 Å². The predicted molar refractivity (Wildman–Crippen MR) is 109 cm³/mol. The van der Waals surface area contributed by atoms with Gasteiger partial charge in [0.05, 0.1) is 15.9 Å². The van der Waals surface area contributed by atoms with Crippen molar-refractivity contribution in [1.82, 2.24) is 14.7 Å². The highest BCUT2D eigenvalue weighted by Gasteiger charge is 2.15. The number of hydrogen-bond donors (Lipinski definition) is 3. The first-order valence-electron chi connectivity index (χ1n) is 8.88. The molecule has 0 saturated carbocycles. The Bertz CT molecular complexity index is 1210. The summed E-state index contributed by atoms with van der Waals surface area (Å²) in [5, 5.41) is 0. The zero-order chi connectivity index (χ0) is 20.3. The van der Waals surface area contributed by atoms with Gasteiger partial charge >= 0.3 is 11.1 Å². The van der Waals surface area contributed by atoms with Gasteiger partial charge < -0.3 is 14.9 Å². The predicted octanol–water partition coefficient (Wildman–Crippen LogP) is 1.33. The molecular formula is C19H22N4O4S. The van der Waals surface area contributed by atoms with Gasteiger partial charge in [0.15, 0.2) is 0 Å². The molecular weight excluding hydrogens is 380 g/mol. The van der Waals surface area contributed by atoms with E-state index in [4.69, 9.17) is 0 Å². The van der Waals surface area contributed by atoms with Crippen LogP contribution >= 0.6 is 0 Å². The number of fused-ring (bicyclic) bond motifs is 1. The molecule has 0 spiro atoms. The Morgan fingerprint density at radius 3 is 2.39 bits per heavy atom. The van der Waals surface area contributed by atoms with Crippen molar-refractivity contribution in [2.45, 2.75) is 18.7 Å². The second-order valence-electron chi connectivity index (χ2n) is 6.43. The van der Waals surface area contributed by atoms with Crippen molar-refractivity contribution < 1.29 is 8.42 Å². The van der Waals surface area contributed by atoms with Crippen LogP contribution in [-0.2, 0) is 10.0 Å². The van der Waals surface area contributed by atoms with Crippen LogP contribution in [0.3, 0.4) is 0 Å². The van der Waals surface area contributed by atoms with Gasteiger partial charge in [0.1, 0.15) is 0 Å². The highest BCUT2D eigenvalue weighted by atomic mass is 32.2. The molecule has 0 saturated heterocycles. The molecule has 0 aliphatic heterocycles.